The molecule has 0 aliphatic carbocycles. The molecule has 36 heavy (non-hydrogen) atoms. The van der Waals surface area contributed by atoms with Gasteiger partial charge in [-0.1, -0.05) is 62.6 Å². The van der Waals surface area contributed by atoms with Crippen LogP contribution in [0.2, 0.25) is 0 Å². The quantitative estimate of drug-likeness (QED) is 0.0995. The Labute approximate surface area is 215 Å². The summed E-state index contributed by atoms with van der Waals surface area (Å²) >= 11 is 0. The van der Waals surface area contributed by atoms with Crippen LogP contribution in [0, 0.1) is 0 Å². The molecule has 1 aliphatic heterocycles. The molecule has 9 heteroatoms. The molecular formula is C27H46O9. The molecular weight excluding hydrogens is 468 g/mol. The SMILES string of the molecule is CC/C=C\C/C=C\C/C=C\CCCCCCCC(=O)OC[C@@H](O)CO[C@@H]1O[C@H](CO)[C@H](O)[C@H](O)[C@H]1O. The zero-order chi connectivity index (χ0) is 26.6. The first-order valence-electron chi connectivity index (χ1n) is 13.1. The van der Waals surface area contributed by atoms with Gasteiger partial charge in [-0.05, 0) is 38.5 Å². The molecule has 1 heterocycles. The predicted molar refractivity (Wildman–Crippen MR) is 136 cm³/mol. The largest absolute Gasteiger partial charge is 0.463 e. The second kappa shape index (κ2) is 20.5. The number of rotatable bonds is 19. The van der Waals surface area contributed by atoms with Gasteiger partial charge in [0.15, 0.2) is 6.29 Å². The molecule has 0 spiro atoms. The van der Waals surface area contributed by atoms with E-state index in [4.69, 9.17) is 19.3 Å². The van der Waals surface area contributed by atoms with E-state index in [0.29, 0.717) is 0 Å². The molecule has 0 unspecified atom stereocenters. The Hall–Kier alpha value is -1.59. The van der Waals surface area contributed by atoms with Crippen molar-refractivity contribution in [3.8, 4) is 0 Å². The molecule has 0 saturated carbocycles. The fourth-order valence-electron chi connectivity index (χ4n) is 3.61. The molecule has 1 fully saturated rings. The van der Waals surface area contributed by atoms with Gasteiger partial charge in [0.1, 0.15) is 37.1 Å². The minimum atomic E-state index is -1.56. The van der Waals surface area contributed by atoms with Crippen LogP contribution in [0.5, 0.6) is 0 Å². The van der Waals surface area contributed by atoms with E-state index in [2.05, 4.69) is 43.4 Å². The van der Waals surface area contributed by atoms with E-state index in [0.717, 1.165) is 57.8 Å². The van der Waals surface area contributed by atoms with Crippen molar-refractivity contribution in [3.05, 3.63) is 36.5 Å². The first-order chi connectivity index (χ1) is 17.4. The number of ether oxygens (including phenoxy) is 3. The Balaban J connectivity index is 2.02. The fourth-order valence-corrected chi connectivity index (χ4v) is 3.61. The van der Waals surface area contributed by atoms with Crippen molar-refractivity contribution in [1.29, 1.82) is 0 Å². The van der Waals surface area contributed by atoms with Crippen molar-refractivity contribution in [2.45, 2.75) is 108 Å². The summed E-state index contributed by atoms with van der Waals surface area (Å²) in [6, 6.07) is 0. The third kappa shape index (κ3) is 14.2. The van der Waals surface area contributed by atoms with Gasteiger partial charge in [0, 0.05) is 6.42 Å². The fraction of sp³-hybridized carbons (Fsp3) is 0.741. The summed E-state index contributed by atoms with van der Waals surface area (Å²) in [5.74, 6) is -0.400. The van der Waals surface area contributed by atoms with Gasteiger partial charge in [-0.3, -0.25) is 4.79 Å². The first-order valence-corrected chi connectivity index (χ1v) is 13.1. The van der Waals surface area contributed by atoms with Crippen LogP contribution < -0.4 is 0 Å². The molecule has 1 rings (SSSR count). The summed E-state index contributed by atoms with van der Waals surface area (Å²) in [4.78, 5) is 11.9. The Morgan fingerprint density at radius 3 is 2.19 bits per heavy atom. The maximum Gasteiger partial charge on any atom is 0.305 e. The monoisotopic (exact) mass is 514 g/mol. The molecule has 9 nitrogen and oxygen atoms in total. The summed E-state index contributed by atoms with van der Waals surface area (Å²) in [5.41, 5.74) is 0. The van der Waals surface area contributed by atoms with Gasteiger partial charge in [0.2, 0.25) is 0 Å². The van der Waals surface area contributed by atoms with Gasteiger partial charge in [-0.25, -0.2) is 0 Å². The van der Waals surface area contributed by atoms with Crippen LogP contribution in [0.4, 0.5) is 0 Å². The first kappa shape index (κ1) is 32.4. The van der Waals surface area contributed by atoms with Crippen LogP contribution in [0.15, 0.2) is 36.5 Å². The predicted octanol–water partition coefficient (Wildman–Crippen LogP) is 2.30. The summed E-state index contributed by atoms with van der Waals surface area (Å²) in [6.45, 7) is 0.964. The lowest BCUT2D eigenvalue weighted by Gasteiger charge is -2.39. The molecule has 0 bridgehead atoms. The third-order valence-corrected chi connectivity index (χ3v) is 5.77. The van der Waals surface area contributed by atoms with Gasteiger partial charge in [-0.2, -0.15) is 0 Å². The minimum absolute atomic E-state index is 0.271. The van der Waals surface area contributed by atoms with E-state index in [1.54, 1.807) is 0 Å². The third-order valence-electron chi connectivity index (χ3n) is 5.77. The van der Waals surface area contributed by atoms with Crippen molar-refractivity contribution >= 4 is 5.97 Å². The van der Waals surface area contributed by atoms with Crippen LogP contribution >= 0.6 is 0 Å². The molecule has 0 aromatic carbocycles. The van der Waals surface area contributed by atoms with Crippen molar-refractivity contribution in [2.75, 3.05) is 19.8 Å². The Bertz CT molecular complexity index is 647. The highest BCUT2D eigenvalue weighted by Gasteiger charge is 2.44. The summed E-state index contributed by atoms with van der Waals surface area (Å²) in [6.07, 6.45) is 14.3. The normalized spacial score (nSPS) is 25.8. The topological polar surface area (TPSA) is 146 Å². The van der Waals surface area contributed by atoms with Crippen LogP contribution in [-0.2, 0) is 19.0 Å². The van der Waals surface area contributed by atoms with Crippen LogP contribution in [0.25, 0.3) is 0 Å². The van der Waals surface area contributed by atoms with Gasteiger partial charge >= 0.3 is 5.97 Å². The zero-order valence-corrected chi connectivity index (χ0v) is 21.5. The van der Waals surface area contributed by atoms with E-state index in [1.807, 2.05) is 0 Å². The van der Waals surface area contributed by atoms with Crippen molar-refractivity contribution < 1.29 is 44.5 Å². The molecule has 1 saturated heterocycles. The molecule has 0 radical (unpaired) electrons. The minimum Gasteiger partial charge on any atom is -0.463 e. The Morgan fingerprint density at radius 1 is 0.861 bits per heavy atom. The van der Waals surface area contributed by atoms with Gasteiger partial charge in [-0.15, -0.1) is 0 Å². The highest BCUT2D eigenvalue weighted by atomic mass is 16.7. The summed E-state index contributed by atoms with van der Waals surface area (Å²) in [7, 11) is 0. The van der Waals surface area contributed by atoms with Crippen molar-refractivity contribution in [3.63, 3.8) is 0 Å². The molecule has 208 valence electrons. The second-order valence-corrected chi connectivity index (χ2v) is 8.97. The Kier molecular flexibility index (Phi) is 18.4. The number of aliphatic hydroxyl groups excluding tert-OH is 5. The molecule has 0 aromatic rings. The summed E-state index contributed by atoms with van der Waals surface area (Å²) in [5, 5.41) is 48.5. The molecule has 6 atom stereocenters. The van der Waals surface area contributed by atoms with Crippen molar-refractivity contribution in [1.82, 2.24) is 0 Å². The highest BCUT2D eigenvalue weighted by Crippen LogP contribution is 2.22. The maximum atomic E-state index is 11.9. The number of hydrogen-bond donors (Lipinski definition) is 5. The molecule has 1 aliphatic rings. The number of carbonyl (C=O) groups is 1. The van der Waals surface area contributed by atoms with E-state index >= 15 is 0 Å². The van der Waals surface area contributed by atoms with Gasteiger partial charge < -0.3 is 39.7 Å². The average molecular weight is 515 g/mol. The number of unbranched alkanes of at least 4 members (excludes halogenated alkanes) is 5. The van der Waals surface area contributed by atoms with Gasteiger partial charge in [0.05, 0.1) is 13.2 Å². The van der Waals surface area contributed by atoms with Crippen LogP contribution in [0.3, 0.4) is 0 Å². The van der Waals surface area contributed by atoms with E-state index in [9.17, 15) is 25.2 Å². The maximum absolute atomic E-state index is 11.9. The number of carbonyl (C=O) groups excluding carboxylic acids is 1. The summed E-state index contributed by atoms with van der Waals surface area (Å²) < 4.78 is 15.5. The number of esters is 1. The highest BCUT2D eigenvalue weighted by molar-refractivity contribution is 5.69. The number of hydrogen-bond acceptors (Lipinski definition) is 9. The number of allylic oxidation sites excluding steroid dienone is 6. The standard InChI is InChI=1S/C27H46O9/c1-2-3-4-5-6-7-8-9-10-11-12-13-14-15-16-17-23(30)34-19-21(29)20-35-27-26(33)25(32)24(31)22(18-28)36-27/h3-4,6-7,9-10,21-22,24-29,31-33H,2,5,8,11-20H2,1H3/b4-3-,7-6-,10-9-/t21-,22-,24+,25+,26-,27-/m1/s1. The molecule has 0 aromatic heterocycles. The van der Waals surface area contributed by atoms with Crippen LogP contribution in [-0.4, -0.2) is 88.1 Å². The van der Waals surface area contributed by atoms with Crippen molar-refractivity contribution in [2.24, 2.45) is 0 Å². The van der Waals surface area contributed by atoms with Gasteiger partial charge in [0.25, 0.3) is 0 Å². The van der Waals surface area contributed by atoms with E-state index in [-0.39, 0.29) is 19.6 Å². The van der Waals surface area contributed by atoms with E-state index in [1.165, 1.54) is 0 Å². The lowest BCUT2D eigenvalue weighted by atomic mass is 9.99. The second-order valence-electron chi connectivity index (χ2n) is 8.97. The zero-order valence-electron chi connectivity index (χ0n) is 21.5. The molecule has 0 amide bonds. The number of aliphatic hydroxyl groups is 5. The molecule has 5 N–H and O–H groups in total. The van der Waals surface area contributed by atoms with Crippen LogP contribution in [0.1, 0.15) is 71.1 Å². The average Bonchev–Trinajstić information content (AvgIpc) is 2.88. The lowest BCUT2D eigenvalue weighted by Crippen LogP contribution is -2.59. The lowest BCUT2D eigenvalue weighted by molar-refractivity contribution is -0.305. The van der Waals surface area contributed by atoms with E-state index < -0.39 is 49.4 Å². The smallest absolute Gasteiger partial charge is 0.305 e. The Morgan fingerprint density at radius 2 is 1.50 bits per heavy atom.